The third-order valence-electron chi connectivity index (χ3n) is 3.95. The lowest BCUT2D eigenvalue weighted by molar-refractivity contribution is -0.117. The van der Waals surface area contributed by atoms with Crippen molar-refractivity contribution in [2.75, 3.05) is 19.4 Å². The molecule has 2 rings (SSSR count). The Balaban J connectivity index is 1.76. The minimum absolute atomic E-state index is 0.0584. The molecule has 0 saturated heterocycles. The maximum Gasteiger partial charge on any atom is 0.321 e. The minimum atomic E-state index is -0.484. The molecule has 0 saturated carbocycles. The van der Waals surface area contributed by atoms with Crippen LogP contribution in [0.3, 0.4) is 0 Å². The molecular formula is C19H27N5O4S. The molecule has 0 aliphatic rings. The van der Waals surface area contributed by atoms with Crippen LogP contribution in [0, 0.1) is 5.92 Å². The minimum Gasteiger partial charge on any atom is -0.497 e. The summed E-state index contributed by atoms with van der Waals surface area (Å²) in [7, 11) is 3.40. The van der Waals surface area contributed by atoms with Gasteiger partial charge < -0.3 is 19.4 Å². The summed E-state index contributed by atoms with van der Waals surface area (Å²) in [6.07, 6.45) is 0.858. The molecule has 29 heavy (non-hydrogen) atoms. The van der Waals surface area contributed by atoms with Crippen molar-refractivity contribution in [1.29, 1.82) is 0 Å². The number of carbonyl (C=O) groups is 2. The number of imide groups is 1. The molecule has 2 aromatic rings. The Hall–Kier alpha value is -2.75. The van der Waals surface area contributed by atoms with Crippen LogP contribution >= 0.6 is 11.8 Å². The number of nitrogens with zero attached hydrogens (tertiary/aromatic N) is 3. The largest absolute Gasteiger partial charge is 0.497 e. The molecule has 0 aliphatic carbocycles. The van der Waals surface area contributed by atoms with Gasteiger partial charge in [-0.2, -0.15) is 0 Å². The van der Waals surface area contributed by atoms with Gasteiger partial charge in [0.05, 0.1) is 12.9 Å². The van der Waals surface area contributed by atoms with Crippen molar-refractivity contribution in [1.82, 2.24) is 25.4 Å². The van der Waals surface area contributed by atoms with E-state index in [0.29, 0.717) is 29.2 Å². The molecule has 2 N–H and O–H groups in total. The number of thioether (sulfide) groups is 1. The molecule has 3 amide bonds. The van der Waals surface area contributed by atoms with Gasteiger partial charge in [0.25, 0.3) is 0 Å². The van der Waals surface area contributed by atoms with Gasteiger partial charge in [-0.15, -0.1) is 10.2 Å². The number of carbonyl (C=O) groups excluding carboxylic acids is 2. The number of ether oxygens (including phenoxy) is 2. The topological polar surface area (TPSA) is 107 Å². The average molecular weight is 422 g/mol. The third-order valence-corrected chi connectivity index (χ3v) is 4.97. The van der Waals surface area contributed by atoms with E-state index in [0.717, 1.165) is 12.2 Å². The second-order valence-corrected chi connectivity index (χ2v) is 7.64. The van der Waals surface area contributed by atoms with Crippen LogP contribution in [0.25, 0.3) is 0 Å². The Labute approximate surface area is 174 Å². The van der Waals surface area contributed by atoms with Gasteiger partial charge in [0.1, 0.15) is 18.1 Å². The van der Waals surface area contributed by atoms with Gasteiger partial charge in [0.2, 0.25) is 5.91 Å². The van der Waals surface area contributed by atoms with Gasteiger partial charge in [-0.25, -0.2) is 4.79 Å². The molecule has 0 spiro atoms. The first kappa shape index (κ1) is 22.5. The highest BCUT2D eigenvalue weighted by Gasteiger charge is 2.13. The maximum atomic E-state index is 11.9. The van der Waals surface area contributed by atoms with Crippen LogP contribution < -0.4 is 20.1 Å². The second kappa shape index (κ2) is 11.3. The van der Waals surface area contributed by atoms with Crippen LogP contribution in [0.5, 0.6) is 11.5 Å². The van der Waals surface area contributed by atoms with E-state index >= 15 is 0 Å². The first-order valence-electron chi connectivity index (χ1n) is 9.24. The van der Waals surface area contributed by atoms with Crippen LogP contribution in [0.1, 0.15) is 26.1 Å². The van der Waals surface area contributed by atoms with E-state index in [1.165, 1.54) is 11.8 Å². The van der Waals surface area contributed by atoms with Crippen LogP contribution in [0.2, 0.25) is 0 Å². The van der Waals surface area contributed by atoms with Crippen molar-refractivity contribution in [2.24, 2.45) is 13.0 Å². The Morgan fingerprint density at radius 2 is 1.86 bits per heavy atom. The smallest absolute Gasteiger partial charge is 0.321 e. The Kier molecular flexibility index (Phi) is 8.78. The van der Waals surface area contributed by atoms with Gasteiger partial charge in [0.15, 0.2) is 11.0 Å². The Morgan fingerprint density at radius 3 is 2.52 bits per heavy atom. The van der Waals surface area contributed by atoms with Gasteiger partial charge in [-0.3, -0.25) is 10.1 Å². The van der Waals surface area contributed by atoms with Crippen molar-refractivity contribution < 1.29 is 19.1 Å². The number of aromatic nitrogens is 3. The normalized spacial score (nSPS) is 10.7. The van der Waals surface area contributed by atoms with E-state index in [1.54, 1.807) is 30.9 Å². The highest BCUT2D eigenvalue weighted by atomic mass is 32.2. The van der Waals surface area contributed by atoms with E-state index in [2.05, 4.69) is 34.7 Å². The molecule has 0 fully saturated rings. The maximum absolute atomic E-state index is 11.9. The molecule has 0 unspecified atom stereocenters. The fourth-order valence-electron chi connectivity index (χ4n) is 2.23. The zero-order chi connectivity index (χ0) is 21.2. The molecule has 0 radical (unpaired) electrons. The number of hydrogen-bond acceptors (Lipinski definition) is 7. The predicted molar refractivity (Wildman–Crippen MR) is 110 cm³/mol. The lowest BCUT2D eigenvalue weighted by Gasteiger charge is -2.08. The van der Waals surface area contributed by atoms with E-state index in [-0.39, 0.29) is 12.4 Å². The summed E-state index contributed by atoms with van der Waals surface area (Å²) in [6.45, 7) is 4.91. The molecule has 0 bridgehead atoms. The third kappa shape index (κ3) is 7.65. The van der Waals surface area contributed by atoms with Gasteiger partial charge >= 0.3 is 6.03 Å². The molecule has 1 heterocycles. The number of amides is 3. The van der Waals surface area contributed by atoms with Gasteiger partial charge in [-0.1, -0.05) is 25.6 Å². The van der Waals surface area contributed by atoms with Crippen molar-refractivity contribution >= 4 is 23.7 Å². The summed E-state index contributed by atoms with van der Waals surface area (Å²) in [5, 5.41) is 13.7. The first-order chi connectivity index (χ1) is 13.9. The number of methoxy groups -OCH3 is 1. The summed E-state index contributed by atoms with van der Waals surface area (Å²) in [5.74, 6) is 2.21. The highest BCUT2D eigenvalue weighted by Crippen LogP contribution is 2.19. The molecular weight excluding hydrogens is 394 g/mol. The average Bonchev–Trinajstić information content (AvgIpc) is 3.04. The molecule has 158 valence electrons. The standard InChI is InChI=1S/C19H27N5O4S/c1-13(2)9-10-20-18(26)21-17(25)12-29-19-23-22-16(24(19)3)11-28-15-7-5-14(27-4)6-8-15/h5-8,13H,9-12H2,1-4H3,(H2,20,21,25,26). The highest BCUT2D eigenvalue weighted by molar-refractivity contribution is 7.99. The van der Waals surface area contributed by atoms with E-state index in [4.69, 9.17) is 9.47 Å². The lowest BCUT2D eigenvalue weighted by Crippen LogP contribution is -2.40. The van der Waals surface area contributed by atoms with Crippen LogP contribution in [0.15, 0.2) is 29.4 Å². The second-order valence-electron chi connectivity index (χ2n) is 6.70. The number of nitrogens with one attached hydrogen (secondary N) is 2. The van der Waals surface area contributed by atoms with Gasteiger partial charge in [-0.05, 0) is 36.6 Å². The molecule has 10 heteroatoms. The summed E-state index contributed by atoms with van der Waals surface area (Å²) >= 11 is 1.20. The van der Waals surface area contributed by atoms with Crippen molar-refractivity contribution in [3.63, 3.8) is 0 Å². The summed E-state index contributed by atoms with van der Waals surface area (Å²) < 4.78 is 12.6. The SMILES string of the molecule is COc1ccc(OCc2nnc(SCC(=O)NC(=O)NCCC(C)C)n2C)cc1. The fourth-order valence-corrected chi connectivity index (χ4v) is 2.96. The van der Waals surface area contributed by atoms with Crippen LogP contribution in [0.4, 0.5) is 4.79 Å². The first-order valence-corrected chi connectivity index (χ1v) is 10.2. The molecule has 1 aromatic carbocycles. The van der Waals surface area contributed by atoms with E-state index in [1.807, 2.05) is 12.1 Å². The fraction of sp³-hybridized carbons (Fsp3) is 0.474. The quantitative estimate of drug-likeness (QED) is 0.567. The number of rotatable bonds is 10. The van der Waals surface area contributed by atoms with Crippen LogP contribution in [-0.4, -0.2) is 46.1 Å². The van der Waals surface area contributed by atoms with Crippen molar-refractivity contribution in [2.45, 2.75) is 32.0 Å². The molecule has 0 atom stereocenters. The summed E-state index contributed by atoms with van der Waals surface area (Å²) in [4.78, 5) is 23.6. The monoisotopic (exact) mass is 421 g/mol. The molecule has 0 aliphatic heterocycles. The molecule has 9 nitrogen and oxygen atoms in total. The summed E-state index contributed by atoms with van der Waals surface area (Å²) in [6, 6.07) is 6.75. The van der Waals surface area contributed by atoms with E-state index < -0.39 is 11.9 Å². The zero-order valence-electron chi connectivity index (χ0n) is 17.1. The van der Waals surface area contributed by atoms with E-state index in [9.17, 15) is 9.59 Å². The predicted octanol–water partition coefficient (Wildman–Crippen LogP) is 2.37. The van der Waals surface area contributed by atoms with Crippen LogP contribution in [-0.2, 0) is 18.4 Å². The summed E-state index contributed by atoms with van der Waals surface area (Å²) in [5.41, 5.74) is 0. The number of hydrogen-bond donors (Lipinski definition) is 2. The number of benzene rings is 1. The zero-order valence-corrected chi connectivity index (χ0v) is 17.9. The Bertz CT molecular complexity index is 807. The molecule has 1 aromatic heterocycles. The number of urea groups is 1. The van der Waals surface area contributed by atoms with Gasteiger partial charge in [0, 0.05) is 13.6 Å². The Morgan fingerprint density at radius 1 is 1.17 bits per heavy atom. The van der Waals surface area contributed by atoms with Crippen molar-refractivity contribution in [3.8, 4) is 11.5 Å². The van der Waals surface area contributed by atoms with Crippen molar-refractivity contribution in [3.05, 3.63) is 30.1 Å². The lowest BCUT2D eigenvalue weighted by atomic mass is 10.1.